The lowest BCUT2D eigenvalue weighted by Gasteiger charge is -2.07. The van der Waals surface area contributed by atoms with E-state index in [1.165, 1.54) is 0 Å². The van der Waals surface area contributed by atoms with Crippen molar-refractivity contribution in [3.05, 3.63) is 75.6 Å². The van der Waals surface area contributed by atoms with Crippen LogP contribution in [0.5, 0.6) is 0 Å². The summed E-state index contributed by atoms with van der Waals surface area (Å²) < 4.78 is 0. The van der Waals surface area contributed by atoms with Gasteiger partial charge in [-0.05, 0) is 31.5 Å². The molecule has 2 aromatic carbocycles. The largest absolute Gasteiger partial charge is 0.348 e. The molecule has 1 heterocycles. The molecule has 0 aliphatic rings. The Morgan fingerprint density at radius 1 is 1.13 bits per heavy atom. The maximum absolute atomic E-state index is 12.1. The van der Waals surface area contributed by atoms with Crippen molar-refractivity contribution in [3.8, 4) is 11.3 Å². The number of nitrogens with zero attached hydrogens (tertiary/aromatic N) is 1. The predicted molar refractivity (Wildman–Crippen MR) is 94.6 cm³/mol. The van der Waals surface area contributed by atoms with E-state index < -0.39 is 0 Å². The Labute approximate surface area is 140 Å². The molecule has 3 aromatic rings. The van der Waals surface area contributed by atoms with Crippen LogP contribution in [0.2, 0.25) is 0 Å². The van der Waals surface area contributed by atoms with E-state index in [2.05, 4.69) is 15.7 Å². The van der Waals surface area contributed by atoms with Gasteiger partial charge < -0.3 is 5.32 Å². The normalized spacial score (nSPS) is 10.5. The molecule has 0 unspecified atom stereocenters. The highest BCUT2D eigenvalue weighted by Crippen LogP contribution is 2.21. The fourth-order valence-electron chi connectivity index (χ4n) is 2.36. The van der Waals surface area contributed by atoms with Crippen molar-refractivity contribution in [1.29, 1.82) is 0 Å². The number of aryl methyl sites for hydroxylation is 2. The van der Waals surface area contributed by atoms with Gasteiger partial charge in [-0.15, -0.1) is 11.3 Å². The summed E-state index contributed by atoms with van der Waals surface area (Å²) in [7, 11) is 0. The van der Waals surface area contributed by atoms with Crippen molar-refractivity contribution in [2.45, 2.75) is 20.4 Å². The Morgan fingerprint density at radius 3 is 2.57 bits per heavy atom. The van der Waals surface area contributed by atoms with Crippen molar-refractivity contribution in [1.82, 2.24) is 10.3 Å². The van der Waals surface area contributed by atoms with Gasteiger partial charge in [0.05, 0.1) is 10.7 Å². The van der Waals surface area contributed by atoms with Crippen LogP contribution in [0.25, 0.3) is 11.3 Å². The first-order chi connectivity index (χ1) is 11.1. The van der Waals surface area contributed by atoms with Crippen LogP contribution in [0, 0.1) is 13.8 Å². The summed E-state index contributed by atoms with van der Waals surface area (Å²) in [4.78, 5) is 16.6. The summed E-state index contributed by atoms with van der Waals surface area (Å²) in [5.74, 6) is -0.0482. The molecule has 3 rings (SSSR count). The number of carbonyl (C=O) groups excluding carboxylic acids is 1. The number of carbonyl (C=O) groups is 1. The quantitative estimate of drug-likeness (QED) is 0.775. The summed E-state index contributed by atoms with van der Waals surface area (Å²) in [5.41, 5.74) is 4.95. The van der Waals surface area contributed by atoms with Gasteiger partial charge in [-0.2, -0.15) is 0 Å². The molecular weight excluding hydrogens is 304 g/mol. The third-order valence-corrected chi connectivity index (χ3v) is 4.38. The van der Waals surface area contributed by atoms with Crippen LogP contribution >= 0.6 is 11.3 Å². The maximum atomic E-state index is 12.1. The summed E-state index contributed by atoms with van der Waals surface area (Å²) >= 11 is 1.65. The van der Waals surface area contributed by atoms with Gasteiger partial charge in [0.15, 0.2) is 0 Å². The Balaban J connectivity index is 1.63. The topological polar surface area (TPSA) is 42.0 Å². The van der Waals surface area contributed by atoms with Crippen LogP contribution in [-0.2, 0) is 6.54 Å². The molecule has 0 radical (unpaired) electrons. The lowest BCUT2D eigenvalue weighted by Crippen LogP contribution is -2.22. The number of hydrogen-bond donors (Lipinski definition) is 1. The zero-order valence-electron chi connectivity index (χ0n) is 13.2. The summed E-state index contributed by atoms with van der Waals surface area (Å²) in [6.45, 7) is 4.50. The third-order valence-electron chi connectivity index (χ3n) is 3.60. The number of nitrogens with one attached hydrogen (secondary N) is 1. The monoisotopic (exact) mass is 322 g/mol. The first-order valence-electron chi connectivity index (χ1n) is 7.48. The standard InChI is InChI=1S/C19H18N2OS/c1-13-4-3-5-17(10-13)19(22)20-11-15-6-8-16(9-7-15)18-12-23-14(2)21-18/h3-10,12H,11H2,1-2H3,(H,20,22). The van der Waals surface area contributed by atoms with E-state index in [1.807, 2.05) is 62.4 Å². The molecule has 3 nitrogen and oxygen atoms in total. The van der Waals surface area contributed by atoms with Gasteiger partial charge in [0.25, 0.3) is 5.91 Å². The van der Waals surface area contributed by atoms with Crippen molar-refractivity contribution < 1.29 is 4.79 Å². The summed E-state index contributed by atoms with van der Waals surface area (Å²) in [6, 6.07) is 15.7. The first kappa shape index (κ1) is 15.4. The van der Waals surface area contributed by atoms with E-state index >= 15 is 0 Å². The smallest absolute Gasteiger partial charge is 0.251 e. The van der Waals surface area contributed by atoms with Gasteiger partial charge in [0.1, 0.15) is 0 Å². The predicted octanol–water partition coefficient (Wildman–Crippen LogP) is 4.36. The van der Waals surface area contributed by atoms with E-state index in [9.17, 15) is 4.79 Å². The maximum Gasteiger partial charge on any atom is 0.251 e. The molecule has 0 atom stereocenters. The van der Waals surface area contributed by atoms with Gasteiger partial charge in [-0.25, -0.2) is 4.98 Å². The molecule has 1 amide bonds. The van der Waals surface area contributed by atoms with E-state index in [0.29, 0.717) is 12.1 Å². The highest BCUT2D eigenvalue weighted by Gasteiger charge is 2.06. The van der Waals surface area contributed by atoms with E-state index in [-0.39, 0.29) is 5.91 Å². The van der Waals surface area contributed by atoms with Crippen molar-refractivity contribution >= 4 is 17.2 Å². The molecule has 1 aromatic heterocycles. The SMILES string of the molecule is Cc1cccc(C(=O)NCc2ccc(-c3csc(C)n3)cc2)c1. The van der Waals surface area contributed by atoms with Crippen molar-refractivity contribution in [2.24, 2.45) is 0 Å². The van der Waals surface area contributed by atoms with Gasteiger partial charge in [0.2, 0.25) is 0 Å². The van der Waals surface area contributed by atoms with Crippen molar-refractivity contribution in [3.63, 3.8) is 0 Å². The number of benzene rings is 2. The molecule has 23 heavy (non-hydrogen) atoms. The minimum absolute atomic E-state index is 0.0482. The van der Waals surface area contributed by atoms with Crippen LogP contribution < -0.4 is 5.32 Å². The molecule has 1 N–H and O–H groups in total. The Bertz CT molecular complexity index is 821. The number of amides is 1. The number of aromatic nitrogens is 1. The zero-order valence-corrected chi connectivity index (χ0v) is 14.0. The molecule has 0 aliphatic heterocycles. The number of thiazole rings is 1. The van der Waals surface area contributed by atoms with E-state index in [0.717, 1.165) is 27.4 Å². The highest BCUT2D eigenvalue weighted by atomic mass is 32.1. The molecule has 116 valence electrons. The lowest BCUT2D eigenvalue weighted by atomic mass is 10.1. The summed E-state index contributed by atoms with van der Waals surface area (Å²) in [6.07, 6.45) is 0. The second-order valence-corrected chi connectivity index (χ2v) is 6.56. The second kappa shape index (κ2) is 6.75. The molecule has 0 saturated heterocycles. The highest BCUT2D eigenvalue weighted by molar-refractivity contribution is 7.09. The van der Waals surface area contributed by atoms with E-state index in [1.54, 1.807) is 11.3 Å². The fourth-order valence-corrected chi connectivity index (χ4v) is 2.98. The molecule has 0 bridgehead atoms. The number of hydrogen-bond acceptors (Lipinski definition) is 3. The summed E-state index contributed by atoms with van der Waals surface area (Å²) in [5, 5.41) is 6.08. The third kappa shape index (κ3) is 3.85. The van der Waals surface area contributed by atoms with Crippen LogP contribution in [0.3, 0.4) is 0 Å². The minimum Gasteiger partial charge on any atom is -0.348 e. The zero-order chi connectivity index (χ0) is 16.2. The Kier molecular flexibility index (Phi) is 4.53. The van der Waals surface area contributed by atoms with Gasteiger partial charge in [-0.3, -0.25) is 4.79 Å². The van der Waals surface area contributed by atoms with E-state index in [4.69, 9.17) is 0 Å². The lowest BCUT2D eigenvalue weighted by molar-refractivity contribution is 0.0951. The molecule has 0 aliphatic carbocycles. The van der Waals surface area contributed by atoms with Crippen LogP contribution in [-0.4, -0.2) is 10.9 Å². The Hall–Kier alpha value is -2.46. The Morgan fingerprint density at radius 2 is 1.91 bits per heavy atom. The van der Waals surface area contributed by atoms with Gasteiger partial charge in [0, 0.05) is 23.1 Å². The molecule has 4 heteroatoms. The van der Waals surface area contributed by atoms with Crippen LogP contribution in [0.4, 0.5) is 0 Å². The fraction of sp³-hybridized carbons (Fsp3) is 0.158. The first-order valence-corrected chi connectivity index (χ1v) is 8.36. The molecule has 0 saturated carbocycles. The van der Waals surface area contributed by atoms with Crippen LogP contribution in [0.15, 0.2) is 53.9 Å². The number of rotatable bonds is 4. The van der Waals surface area contributed by atoms with Crippen LogP contribution in [0.1, 0.15) is 26.5 Å². The average molecular weight is 322 g/mol. The molecule has 0 fully saturated rings. The molecular formula is C19H18N2OS. The van der Waals surface area contributed by atoms with Gasteiger partial charge in [-0.1, -0.05) is 42.0 Å². The molecule has 0 spiro atoms. The average Bonchev–Trinajstić information content (AvgIpc) is 2.99. The van der Waals surface area contributed by atoms with Crippen molar-refractivity contribution in [2.75, 3.05) is 0 Å². The second-order valence-electron chi connectivity index (χ2n) is 5.50. The van der Waals surface area contributed by atoms with Gasteiger partial charge >= 0.3 is 0 Å². The minimum atomic E-state index is -0.0482.